The van der Waals surface area contributed by atoms with Gasteiger partial charge in [-0.15, -0.1) is 0 Å². The summed E-state index contributed by atoms with van der Waals surface area (Å²) in [4.78, 5) is 0. The predicted octanol–water partition coefficient (Wildman–Crippen LogP) is 9.61. The number of benzene rings is 3. The molecule has 3 aromatic carbocycles. The Balaban J connectivity index is 1.53. The van der Waals surface area contributed by atoms with Gasteiger partial charge >= 0.3 is 0 Å². The molecule has 0 atom stereocenters. The Morgan fingerprint density at radius 3 is 1.92 bits per heavy atom. The van der Waals surface area contributed by atoms with Crippen LogP contribution in [0.2, 0.25) is 0 Å². The summed E-state index contributed by atoms with van der Waals surface area (Å²) in [5, 5.41) is 0. The molecule has 1 nitrogen and oxygen atoms in total. The van der Waals surface area contributed by atoms with Gasteiger partial charge in [-0.2, -0.15) is 4.39 Å². The van der Waals surface area contributed by atoms with Gasteiger partial charge in [-0.1, -0.05) is 61.9 Å². The summed E-state index contributed by atoms with van der Waals surface area (Å²) < 4.78 is 64.7. The molecule has 0 unspecified atom stereocenters. The summed E-state index contributed by atoms with van der Waals surface area (Å²) in [7, 11) is 0. The average molecular weight is 497 g/mol. The van der Waals surface area contributed by atoms with Crippen LogP contribution in [0.15, 0.2) is 60.7 Å². The zero-order valence-corrected chi connectivity index (χ0v) is 20.8. The number of allylic oxidation sites excluding steroid dienone is 2. The average Bonchev–Trinajstić information content (AvgIpc) is 2.89. The number of hydrogen-bond acceptors (Lipinski definition) is 1. The van der Waals surface area contributed by atoms with Gasteiger partial charge in [-0.3, -0.25) is 0 Å². The van der Waals surface area contributed by atoms with E-state index < -0.39 is 23.3 Å². The Hall–Kier alpha value is -3.08. The molecule has 4 rings (SSSR count). The third-order valence-electron chi connectivity index (χ3n) is 7.10. The second-order valence-corrected chi connectivity index (χ2v) is 9.49. The summed E-state index contributed by atoms with van der Waals surface area (Å²) in [6, 6.07) is 12.5. The summed E-state index contributed by atoms with van der Waals surface area (Å²) in [5.74, 6) is -3.28. The summed E-state index contributed by atoms with van der Waals surface area (Å²) >= 11 is 0. The molecule has 1 aliphatic carbocycles. The van der Waals surface area contributed by atoms with Crippen LogP contribution in [-0.4, -0.2) is 6.61 Å². The lowest BCUT2D eigenvalue weighted by Crippen LogP contribution is -2.13. The minimum Gasteiger partial charge on any atom is -0.490 e. The Labute approximate surface area is 210 Å². The summed E-state index contributed by atoms with van der Waals surface area (Å²) in [5.41, 5.74) is 1.57. The SMILES string of the molecule is C/C=C/C1CCC(c2ccc(-c3ccc(-c4ccc(OCCCC)c(F)c4F)cc3)c(F)c2F)CC1. The number of ether oxygens (including phenoxy) is 1. The van der Waals surface area contributed by atoms with E-state index in [1.807, 2.05) is 19.9 Å². The van der Waals surface area contributed by atoms with Crippen molar-refractivity contribution in [2.75, 3.05) is 6.61 Å². The highest BCUT2D eigenvalue weighted by atomic mass is 19.2. The van der Waals surface area contributed by atoms with Crippen LogP contribution >= 0.6 is 0 Å². The van der Waals surface area contributed by atoms with Crippen LogP contribution in [0.5, 0.6) is 5.75 Å². The molecule has 3 aromatic rings. The van der Waals surface area contributed by atoms with Crippen LogP contribution in [0.3, 0.4) is 0 Å². The largest absolute Gasteiger partial charge is 0.490 e. The maximum Gasteiger partial charge on any atom is 0.201 e. The number of unbranched alkanes of at least 4 members (excludes halogenated alkanes) is 1. The van der Waals surface area contributed by atoms with Crippen LogP contribution in [0.1, 0.15) is 63.9 Å². The smallest absolute Gasteiger partial charge is 0.201 e. The first-order chi connectivity index (χ1) is 17.4. The van der Waals surface area contributed by atoms with Crippen molar-refractivity contribution >= 4 is 0 Å². The Morgan fingerprint density at radius 1 is 0.750 bits per heavy atom. The van der Waals surface area contributed by atoms with E-state index in [0.29, 0.717) is 29.2 Å². The minimum absolute atomic E-state index is 0.0178. The predicted molar refractivity (Wildman–Crippen MR) is 137 cm³/mol. The van der Waals surface area contributed by atoms with Crippen LogP contribution in [0.4, 0.5) is 17.6 Å². The van der Waals surface area contributed by atoms with E-state index in [1.54, 1.807) is 36.4 Å². The standard InChI is InChI=1S/C31H32F4O/c1-3-5-19-36-27-18-17-26(30(34)31(27)35)23-13-11-22(12-14-23)25-16-15-24(28(32)29(25)33)21-9-7-20(6-4-2)8-10-21/h4,6,11-18,20-21H,3,5,7-10,19H2,1-2H3/b6-4+. The van der Waals surface area contributed by atoms with E-state index in [4.69, 9.17) is 4.74 Å². The van der Waals surface area contributed by atoms with Gasteiger partial charge in [0.1, 0.15) is 0 Å². The molecule has 0 spiro atoms. The number of hydrogen-bond donors (Lipinski definition) is 0. The van der Waals surface area contributed by atoms with Crippen LogP contribution in [-0.2, 0) is 0 Å². The summed E-state index contributed by atoms with van der Waals surface area (Å²) in [6.07, 6.45) is 9.50. The monoisotopic (exact) mass is 496 g/mol. The van der Waals surface area contributed by atoms with Crippen LogP contribution in [0.25, 0.3) is 22.3 Å². The van der Waals surface area contributed by atoms with Gasteiger partial charge in [-0.05, 0) is 79.7 Å². The van der Waals surface area contributed by atoms with Crippen LogP contribution in [0, 0.1) is 29.2 Å². The van der Waals surface area contributed by atoms with Gasteiger partial charge in [0.25, 0.3) is 0 Å². The molecule has 0 bridgehead atoms. The highest BCUT2D eigenvalue weighted by Gasteiger charge is 2.26. The topological polar surface area (TPSA) is 9.23 Å². The molecule has 1 aliphatic rings. The zero-order valence-electron chi connectivity index (χ0n) is 20.8. The Bertz CT molecular complexity index is 1210. The normalized spacial score (nSPS) is 18.1. The molecule has 1 fully saturated rings. The highest BCUT2D eigenvalue weighted by molar-refractivity contribution is 5.72. The van der Waals surface area contributed by atoms with E-state index in [0.717, 1.165) is 38.5 Å². The van der Waals surface area contributed by atoms with Crippen molar-refractivity contribution in [1.82, 2.24) is 0 Å². The first-order valence-corrected chi connectivity index (χ1v) is 12.8. The molecule has 0 radical (unpaired) electrons. The molecular weight excluding hydrogens is 464 g/mol. The maximum absolute atomic E-state index is 15.1. The van der Waals surface area contributed by atoms with E-state index in [-0.39, 0.29) is 22.8 Å². The molecule has 0 saturated heterocycles. The maximum atomic E-state index is 15.1. The van der Waals surface area contributed by atoms with Crippen molar-refractivity contribution in [3.05, 3.63) is 89.5 Å². The second-order valence-electron chi connectivity index (χ2n) is 9.49. The third-order valence-corrected chi connectivity index (χ3v) is 7.10. The van der Waals surface area contributed by atoms with E-state index >= 15 is 8.78 Å². The fourth-order valence-corrected chi connectivity index (χ4v) is 5.02. The van der Waals surface area contributed by atoms with Crippen LogP contribution < -0.4 is 4.74 Å². The van der Waals surface area contributed by atoms with Gasteiger partial charge in [0.05, 0.1) is 6.61 Å². The lowest BCUT2D eigenvalue weighted by molar-refractivity contribution is 0.289. The van der Waals surface area contributed by atoms with E-state index in [2.05, 4.69) is 6.08 Å². The van der Waals surface area contributed by atoms with Crippen molar-refractivity contribution < 1.29 is 22.3 Å². The first-order valence-electron chi connectivity index (χ1n) is 12.8. The molecule has 0 amide bonds. The lowest BCUT2D eigenvalue weighted by atomic mass is 9.78. The van der Waals surface area contributed by atoms with Crippen molar-refractivity contribution in [1.29, 1.82) is 0 Å². The molecule has 190 valence electrons. The summed E-state index contributed by atoms with van der Waals surface area (Å²) in [6.45, 7) is 4.30. The molecule has 1 saturated carbocycles. The molecular formula is C31H32F4O. The number of rotatable bonds is 8. The van der Waals surface area contributed by atoms with Crippen molar-refractivity contribution in [2.24, 2.45) is 5.92 Å². The third kappa shape index (κ3) is 5.50. The fourth-order valence-electron chi connectivity index (χ4n) is 5.02. The minimum atomic E-state index is -1.03. The van der Waals surface area contributed by atoms with E-state index in [1.165, 1.54) is 12.1 Å². The van der Waals surface area contributed by atoms with Gasteiger partial charge in [0.15, 0.2) is 23.2 Å². The Kier molecular flexibility index (Phi) is 8.50. The number of halogens is 4. The van der Waals surface area contributed by atoms with Crippen molar-refractivity contribution in [3.8, 4) is 28.0 Å². The second kappa shape index (κ2) is 11.8. The molecule has 5 heteroatoms. The molecule has 36 heavy (non-hydrogen) atoms. The molecule has 0 N–H and O–H groups in total. The van der Waals surface area contributed by atoms with Crippen molar-refractivity contribution in [3.63, 3.8) is 0 Å². The van der Waals surface area contributed by atoms with Gasteiger partial charge in [-0.25, -0.2) is 13.2 Å². The zero-order chi connectivity index (χ0) is 25.7. The Morgan fingerprint density at radius 2 is 1.33 bits per heavy atom. The lowest BCUT2D eigenvalue weighted by Gasteiger charge is -2.27. The van der Waals surface area contributed by atoms with E-state index in [9.17, 15) is 8.78 Å². The molecule has 0 heterocycles. The highest BCUT2D eigenvalue weighted by Crippen LogP contribution is 2.39. The molecule has 0 aliphatic heterocycles. The van der Waals surface area contributed by atoms with Crippen molar-refractivity contribution in [2.45, 2.75) is 58.3 Å². The molecule has 0 aromatic heterocycles. The van der Waals surface area contributed by atoms with Gasteiger partial charge < -0.3 is 4.74 Å². The van der Waals surface area contributed by atoms with Gasteiger partial charge in [0, 0.05) is 11.1 Å². The fraction of sp³-hybridized carbons (Fsp3) is 0.355. The first kappa shape index (κ1) is 26.0. The quantitative estimate of drug-likeness (QED) is 0.171. The van der Waals surface area contributed by atoms with Gasteiger partial charge in [0.2, 0.25) is 5.82 Å².